The Morgan fingerprint density at radius 1 is 1.28 bits per heavy atom. The van der Waals surface area contributed by atoms with Gasteiger partial charge in [-0.25, -0.2) is 5.43 Å². The lowest BCUT2D eigenvalue weighted by Gasteiger charge is -2.19. The van der Waals surface area contributed by atoms with Crippen molar-refractivity contribution in [2.45, 2.75) is 44.2 Å². The molecule has 1 fully saturated rings. The molecule has 1 saturated heterocycles. The highest BCUT2D eigenvalue weighted by molar-refractivity contribution is 5.75. The van der Waals surface area contributed by atoms with Crippen molar-refractivity contribution in [2.24, 2.45) is 0 Å². The summed E-state index contributed by atoms with van der Waals surface area (Å²) in [6.45, 7) is 2.02. The Kier molecular flexibility index (Phi) is 2.84. The standard InChI is InChI=1S/C14H18N2O2/c1-8-12(13(14(17)18)16-15-8)11-6-5-9-3-2-4-10(9)7-11/h5-8,12-13,15-16H,2-4H2,1H3,(H,17,18). The molecule has 18 heavy (non-hydrogen) atoms. The third-order valence-electron chi connectivity index (χ3n) is 4.14. The molecule has 1 heterocycles. The van der Waals surface area contributed by atoms with Crippen molar-refractivity contribution >= 4 is 5.97 Å². The Labute approximate surface area is 106 Å². The molecule has 0 amide bonds. The number of aryl methyl sites for hydroxylation is 2. The first-order chi connectivity index (χ1) is 8.66. The Morgan fingerprint density at radius 3 is 2.83 bits per heavy atom. The maximum atomic E-state index is 11.3. The maximum absolute atomic E-state index is 11.3. The van der Waals surface area contributed by atoms with Crippen molar-refractivity contribution in [1.29, 1.82) is 0 Å². The molecule has 0 bridgehead atoms. The van der Waals surface area contributed by atoms with Gasteiger partial charge in [0.05, 0.1) is 0 Å². The minimum atomic E-state index is -0.794. The zero-order valence-corrected chi connectivity index (χ0v) is 10.4. The van der Waals surface area contributed by atoms with Gasteiger partial charge in [-0.15, -0.1) is 0 Å². The molecule has 96 valence electrons. The second kappa shape index (κ2) is 4.37. The SMILES string of the molecule is CC1NNC(C(=O)O)C1c1ccc2c(c1)CCC2. The molecule has 1 aliphatic heterocycles. The first-order valence-electron chi connectivity index (χ1n) is 6.52. The lowest BCUT2D eigenvalue weighted by molar-refractivity contribution is -0.139. The Balaban J connectivity index is 1.95. The molecule has 1 aliphatic carbocycles. The second-order valence-corrected chi connectivity index (χ2v) is 5.30. The quantitative estimate of drug-likeness (QED) is 0.734. The van der Waals surface area contributed by atoms with Crippen LogP contribution in [0.2, 0.25) is 0 Å². The van der Waals surface area contributed by atoms with Crippen LogP contribution in [-0.2, 0) is 17.6 Å². The summed E-state index contributed by atoms with van der Waals surface area (Å²) >= 11 is 0. The summed E-state index contributed by atoms with van der Waals surface area (Å²) < 4.78 is 0. The van der Waals surface area contributed by atoms with Gasteiger partial charge >= 0.3 is 5.97 Å². The van der Waals surface area contributed by atoms with Crippen molar-refractivity contribution in [3.63, 3.8) is 0 Å². The summed E-state index contributed by atoms with van der Waals surface area (Å²) in [5.41, 5.74) is 9.87. The van der Waals surface area contributed by atoms with Crippen molar-refractivity contribution in [3.8, 4) is 0 Å². The smallest absolute Gasteiger partial charge is 0.322 e. The van der Waals surface area contributed by atoms with Crippen LogP contribution in [-0.4, -0.2) is 23.2 Å². The number of fused-ring (bicyclic) bond motifs is 1. The van der Waals surface area contributed by atoms with E-state index in [9.17, 15) is 9.90 Å². The number of rotatable bonds is 2. The molecule has 3 unspecified atom stereocenters. The van der Waals surface area contributed by atoms with Gasteiger partial charge in [0, 0.05) is 12.0 Å². The van der Waals surface area contributed by atoms with E-state index in [4.69, 9.17) is 0 Å². The van der Waals surface area contributed by atoms with Crippen LogP contribution in [0.1, 0.15) is 36.0 Å². The minimum absolute atomic E-state index is 0.00611. The molecule has 3 N–H and O–H groups in total. The van der Waals surface area contributed by atoms with E-state index in [1.807, 2.05) is 6.92 Å². The number of aliphatic carboxylic acids is 1. The van der Waals surface area contributed by atoms with E-state index in [0.717, 1.165) is 18.4 Å². The average molecular weight is 246 g/mol. The van der Waals surface area contributed by atoms with E-state index in [0.29, 0.717) is 0 Å². The summed E-state index contributed by atoms with van der Waals surface area (Å²) in [4.78, 5) is 11.3. The topological polar surface area (TPSA) is 61.4 Å². The summed E-state index contributed by atoms with van der Waals surface area (Å²) in [5, 5.41) is 9.25. The molecule has 0 radical (unpaired) electrons. The second-order valence-electron chi connectivity index (χ2n) is 5.30. The van der Waals surface area contributed by atoms with Gasteiger partial charge in [0.25, 0.3) is 0 Å². The van der Waals surface area contributed by atoms with Crippen LogP contribution in [0.4, 0.5) is 0 Å². The third kappa shape index (κ3) is 1.82. The fraction of sp³-hybridized carbons (Fsp3) is 0.500. The van der Waals surface area contributed by atoms with Crippen molar-refractivity contribution in [2.75, 3.05) is 0 Å². The highest BCUT2D eigenvalue weighted by Crippen LogP contribution is 2.31. The van der Waals surface area contributed by atoms with E-state index >= 15 is 0 Å². The van der Waals surface area contributed by atoms with Crippen LogP contribution in [0.5, 0.6) is 0 Å². The zero-order valence-electron chi connectivity index (χ0n) is 10.4. The molecule has 3 rings (SSSR count). The maximum Gasteiger partial charge on any atom is 0.322 e. The van der Waals surface area contributed by atoms with Crippen LogP contribution >= 0.6 is 0 Å². The van der Waals surface area contributed by atoms with E-state index in [1.54, 1.807) is 0 Å². The van der Waals surface area contributed by atoms with Gasteiger partial charge in [0.1, 0.15) is 6.04 Å². The number of hydrazine groups is 1. The lowest BCUT2D eigenvalue weighted by Crippen LogP contribution is -2.38. The van der Waals surface area contributed by atoms with Crippen molar-refractivity contribution in [1.82, 2.24) is 10.9 Å². The highest BCUT2D eigenvalue weighted by Gasteiger charge is 2.39. The minimum Gasteiger partial charge on any atom is -0.480 e. The summed E-state index contributed by atoms with van der Waals surface area (Å²) in [5.74, 6) is -0.800. The predicted octanol–water partition coefficient (Wildman–Crippen LogP) is 1.21. The van der Waals surface area contributed by atoms with Gasteiger partial charge in [-0.3, -0.25) is 10.2 Å². The summed E-state index contributed by atoms with van der Waals surface area (Å²) in [7, 11) is 0. The molecule has 2 aliphatic rings. The van der Waals surface area contributed by atoms with E-state index < -0.39 is 12.0 Å². The Morgan fingerprint density at radius 2 is 2.06 bits per heavy atom. The number of benzene rings is 1. The fourth-order valence-corrected chi connectivity index (χ4v) is 3.19. The first kappa shape index (κ1) is 11.7. The van der Waals surface area contributed by atoms with Crippen molar-refractivity contribution < 1.29 is 9.90 Å². The number of carboxylic acids is 1. The van der Waals surface area contributed by atoms with Gasteiger partial charge < -0.3 is 5.11 Å². The van der Waals surface area contributed by atoms with Gasteiger partial charge in [0.15, 0.2) is 0 Å². The number of nitrogens with one attached hydrogen (secondary N) is 2. The number of carboxylic acid groups (broad SMARTS) is 1. The average Bonchev–Trinajstić information content (AvgIpc) is 2.93. The van der Waals surface area contributed by atoms with Crippen LogP contribution in [0.3, 0.4) is 0 Å². The fourth-order valence-electron chi connectivity index (χ4n) is 3.19. The molecule has 1 aromatic rings. The van der Waals surface area contributed by atoms with E-state index in [1.165, 1.54) is 17.5 Å². The van der Waals surface area contributed by atoms with Crippen LogP contribution in [0.15, 0.2) is 18.2 Å². The van der Waals surface area contributed by atoms with Crippen LogP contribution in [0.25, 0.3) is 0 Å². The van der Waals surface area contributed by atoms with Crippen LogP contribution < -0.4 is 10.9 Å². The van der Waals surface area contributed by atoms with Gasteiger partial charge in [-0.1, -0.05) is 18.2 Å². The van der Waals surface area contributed by atoms with Crippen molar-refractivity contribution in [3.05, 3.63) is 34.9 Å². The number of hydrogen-bond donors (Lipinski definition) is 3. The Bertz CT molecular complexity index is 487. The summed E-state index contributed by atoms with van der Waals surface area (Å²) in [6.07, 6.45) is 3.51. The highest BCUT2D eigenvalue weighted by atomic mass is 16.4. The molecule has 1 aromatic carbocycles. The molecular weight excluding hydrogens is 228 g/mol. The zero-order chi connectivity index (χ0) is 12.7. The number of hydrogen-bond acceptors (Lipinski definition) is 3. The van der Waals surface area contributed by atoms with Gasteiger partial charge in [0.2, 0.25) is 0 Å². The molecule has 0 aromatic heterocycles. The van der Waals surface area contributed by atoms with Crippen LogP contribution in [0, 0.1) is 0 Å². The predicted molar refractivity (Wildman–Crippen MR) is 68.4 cm³/mol. The third-order valence-corrected chi connectivity index (χ3v) is 4.14. The first-order valence-corrected chi connectivity index (χ1v) is 6.52. The number of carbonyl (C=O) groups is 1. The molecule has 4 nitrogen and oxygen atoms in total. The largest absolute Gasteiger partial charge is 0.480 e. The van der Waals surface area contributed by atoms with E-state index in [2.05, 4.69) is 29.1 Å². The van der Waals surface area contributed by atoms with Gasteiger partial charge in [-0.05, 0) is 42.9 Å². The summed E-state index contributed by atoms with van der Waals surface area (Å²) in [6, 6.07) is 6.05. The molecule has 4 heteroatoms. The molecular formula is C14H18N2O2. The monoisotopic (exact) mass is 246 g/mol. The Hall–Kier alpha value is -1.39. The van der Waals surface area contributed by atoms with Gasteiger partial charge in [-0.2, -0.15) is 0 Å². The molecule has 3 atom stereocenters. The van der Waals surface area contributed by atoms with E-state index in [-0.39, 0.29) is 12.0 Å². The molecule has 0 spiro atoms. The molecule has 0 saturated carbocycles. The normalized spacial score (nSPS) is 30.4. The lowest BCUT2D eigenvalue weighted by atomic mass is 9.86.